The first-order valence-corrected chi connectivity index (χ1v) is 6.30. The van der Waals surface area contributed by atoms with Crippen LogP contribution in [0.4, 0.5) is 13.2 Å². The summed E-state index contributed by atoms with van der Waals surface area (Å²) in [6.45, 7) is 0. The minimum absolute atomic E-state index is 0.223. The maximum Gasteiger partial charge on any atom is 0.417 e. The third-order valence-corrected chi connectivity index (χ3v) is 3.24. The van der Waals surface area contributed by atoms with E-state index in [0.717, 1.165) is 12.1 Å². The number of aliphatic imine (C=N–C) groups is 1. The molecule has 0 saturated heterocycles. The Balaban J connectivity index is 2.55. The predicted molar refractivity (Wildman–Crippen MR) is 72.9 cm³/mol. The maximum atomic E-state index is 12.9. The van der Waals surface area contributed by atoms with Gasteiger partial charge in [-0.05, 0) is 23.3 Å². The second-order valence-corrected chi connectivity index (χ2v) is 4.68. The van der Waals surface area contributed by atoms with Gasteiger partial charge in [0.2, 0.25) is 6.08 Å². The van der Waals surface area contributed by atoms with Gasteiger partial charge in [-0.3, -0.25) is 0 Å². The Bertz CT molecular complexity index is 679. The predicted octanol–water partition coefficient (Wildman–Crippen LogP) is 4.78. The summed E-state index contributed by atoms with van der Waals surface area (Å²) in [7, 11) is 0. The number of halogens is 4. The van der Waals surface area contributed by atoms with Gasteiger partial charge in [-0.1, -0.05) is 48.0 Å². The molecule has 0 fully saturated rings. The molecule has 1 unspecified atom stereocenters. The molecule has 2 aromatic carbocycles. The molecular weight excluding hydrogens is 303 g/mol. The van der Waals surface area contributed by atoms with E-state index in [-0.39, 0.29) is 5.56 Å². The number of benzene rings is 2. The standard InChI is InChI=1S/C15H9ClF3NO/c16-13-7-6-11(8-12(13)15(17,18)19)14(20-9-21)10-4-2-1-3-5-10/h1-8,14H. The highest BCUT2D eigenvalue weighted by Gasteiger charge is 2.34. The monoisotopic (exact) mass is 311 g/mol. The highest BCUT2D eigenvalue weighted by Crippen LogP contribution is 2.37. The van der Waals surface area contributed by atoms with Gasteiger partial charge < -0.3 is 0 Å². The molecule has 0 aliphatic carbocycles. The van der Waals surface area contributed by atoms with Crippen molar-refractivity contribution in [1.29, 1.82) is 0 Å². The number of alkyl halides is 3. The Morgan fingerprint density at radius 2 is 1.71 bits per heavy atom. The van der Waals surface area contributed by atoms with E-state index in [1.54, 1.807) is 30.3 Å². The fraction of sp³-hybridized carbons (Fsp3) is 0.133. The third kappa shape index (κ3) is 3.51. The van der Waals surface area contributed by atoms with Crippen molar-refractivity contribution in [2.24, 2.45) is 4.99 Å². The Labute approximate surface area is 123 Å². The van der Waals surface area contributed by atoms with Crippen LogP contribution in [-0.4, -0.2) is 6.08 Å². The van der Waals surface area contributed by atoms with Crippen LogP contribution in [0, 0.1) is 0 Å². The summed E-state index contributed by atoms with van der Waals surface area (Å²) in [6, 6.07) is 11.1. The number of hydrogen-bond donors (Lipinski definition) is 0. The van der Waals surface area contributed by atoms with E-state index in [0.29, 0.717) is 5.56 Å². The van der Waals surface area contributed by atoms with Crippen LogP contribution >= 0.6 is 11.6 Å². The van der Waals surface area contributed by atoms with E-state index in [4.69, 9.17) is 11.6 Å². The fourth-order valence-corrected chi connectivity index (χ4v) is 2.18. The smallest absolute Gasteiger partial charge is 0.211 e. The fourth-order valence-electron chi connectivity index (χ4n) is 1.96. The molecule has 2 aromatic rings. The van der Waals surface area contributed by atoms with Crippen molar-refractivity contribution in [3.63, 3.8) is 0 Å². The van der Waals surface area contributed by atoms with E-state index in [2.05, 4.69) is 4.99 Å². The molecule has 2 rings (SSSR count). The van der Waals surface area contributed by atoms with Gasteiger partial charge >= 0.3 is 6.18 Å². The highest BCUT2D eigenvalue weighted by molar-refractivity contribution is 6.31. The Morgan fingerprint density at radius 3 is 2.29 bits per heavy atom. The van der Waals surface area contributed by atoms with E-state index >= 15 is 0 Å². The van der Waals surface area contributed by atoms with E-state index in [1.807, 2.05) is 0 Å². The molecule has 0 saturated carbocycles. The van der Waals surface area contributed by atoms with Crippen molar-refractivity contribution in [3.8, 4) is 0 Å². The summed E-state index contributed by atoms with van der Waals surface area (Å²) < 4.78 is 38.7. The first kappa shape index (κ1) is 15.3. The van der Waals surface area contributed by atoms with Crippen molar-refractivity contribution in [2.45, 2.75) is 12.2 Å². The molecule has 1 atom stereocenters. The minimum Gasteiger partial charge on any atom is -0.211 e. The first-order chi connectivity index (χ1) is 9.93. The van der Waals surface area contributed by atoms with Gasteiger partial charge in [0.25, 0.3) is 0 Å². The van der Waals surface area contributed by atoms with Crippen molar-refractivity contribution >= 4 is 17.7 Å². The van der Waals surface area contributed by atoms with Gasteiger partial charge in [0.1, 0.15) is 6.04 Å². The summed E-state index contributed by atoms with van der Waals surface area (Å²) >= 11 is 5.58. The Kier molecular flexibility index (Phi) is 4.46. The number of carbonyl (C=O) groups excluding carboxylic acids is 1. The van der Waals surface area contributed by atoms with Crippen molar-refractivity contribution < 1.29 is 18.0 Å². The van der Waals surface area contributed by atoms with Crippen molar-refractivity contribution in [2.75, 3.05) is 0 Å². The second-order valence-electron chi connectivity index (χ2n) is 4.27. The van der Waals surface area contributed by atoms with Crippen LogP contribution in [0.3, 0.4) is 0 Å². The lowest BCUT2D eigenvalue weighted by Crippen LogP contribution is -2.08. The lowest BCUT2D eigenvalue weighted by atomic mass is 9.97. The van der Waals surface area contributed by atoms with E-state index < -0.39 is 22.8 Å². The molecule has 21 heavy (non-hydrogen) atoms. The van der Waals surface area contributed by atoms with Crippen LogP contribution in [0.2, 0.25) is 5.02 Å². The molecule has 0 aliphatic heterocycles. The average Bonchev–Trinajstić information content (AvgIpc) is 2.45. The van der Waals surface area contributed by atoms with E-state index in [1.165, 1.54) is 12.1 Å². The summed E-state index contributed by atoms with van der Waals surface area (Å²) in [6.07, 6.45) is -3.17. The van der Waals surface area contributed by atoms with Gasteiger partial charge in [0.05, 0.1) is 10.6 Å². The molecule has 0 aromatic heterocycles. The first-order valence-electron chi connectivity index (χ1n) is 5.92. The quantitative estimate of drug-likeness (QED) is 0.592. The maximum absolute atomic E-state index is 12.9. The normalized spacial score (nSPS) is 12.6. The lowest BCUT2D eigenvalue weighted by molar-refractivity contribution is -0.137. The van der Waals surface area contributed by atoms with Crippen LogP contribution in [0.1, 0.15) is 22.7 Å². The van der Waals surface area contributed by atoms with Gasteiger partial charge in [-0.25, -0.2) is 4.79 Å². The molecule has 108 valence electrons. The Hall–Kier alpha value is -2.10. The highest BCUT2D eigenvalue weighted by atomic mass is 35.5. The van der Waals surface area contributed by atoms with Crippen LogP contribution < -0.4 is 0 Å². The van der Waals surface area contributed by atoms with Gasteiger partial charge in [-0.15, -0.1) is 0 Å². The molecule has 0 heterocycles. The van der Waals surface area contributed by atoms with Crippen LogP contribution in [0.25, 0.3) is 0 Å². The molecule has 6 heteroatoms. The molecule has 2 nitrogen and oxygen atoms in total. The molecule has 0 radical (unpaired) electrons. The number of hydrogen-bond acceptors (Lipinski definition) is 2. The molecule has 0 bridgehead atoms. The Morgan fingerprint density at radius 1 is 1.05 bits per heavy atom. The molecular formula is C15H9ClF3NO. The summed E-state index contributed by atoms with van der Waals surface area (Å²) in [5.41, 5.74) is -0.138. The largest absolute Gasteiger partial charge is 0.417 e. The zero-order valence-electron chi connectivity index (χ0n) is 10.6. The van der Waals surface area contributed by atoms with Gasteiger partial charge in [-0.2, -0.15) is 18.2 Å². The topological polar surface area (TPSA) is 29.4 Å². The van der Waals surface area contributed by atoms with Crippen molar-refractivity contribution in [3.05, 3.63) is 70.2 Å². The minimum atomic E-state index is -4.57. The zero-order chi connectivity index (χ0) is 15.5. The van der Waals surface area contributed by atoms with Gasteiger partial charge in [0.15, 0.2) is 0 Å². The van der Waals surface area contributed by atoms with Crippen LogP contribution in [0.5, 0.6) is 0 Å². The van der Waals surface area contributed by atoms with Crippen LogP contribution in [-0.2, 0) is 11.0 Å². The average molecular weight is 312 g/mol. The van der Waals surface area contributed by atoms with Crippen molar-refractivity contribution in [1.82, 2.24) is 0 Å². The summed E-state index contributed by atoms with van der Waals surface area (Å²) in [5, 5.41) is -0.395. The second kappa shape index (κ2) is 6.12. The summed E-state index contributed by atoms with van der Waals surface area (Å²) in [4.78, 5) is 14.2. The number of isocyanates is 1. The third-order valence-electron chi connectivity index (χ3n) is 2.91. The molecule has 0 amide bonds. The molecule has 0 N–H and O–H groups in total. The van der Waals surface area contributed by atoms with Gasteiger partial charge in [0, 0.05) is 0 Å². The SMILES string of the molecule is O=C=NC(c1ccccc1)c1ccc(Cl)c(C(F)(F)F)c1. The molecule has 0 spiro atoms. The van der Waals surface area contributed by atoms with Crippen LogP contribution in [0.15, 0.2) is 53.5 Å². The number of rotatable bonds is 3. The summed E-state index contributed by atoms with van der Waals surface area (Å²) in [5.74, 6) is 0. The number of nitrogens with zero attached hydrogens (tertiary/aromatic N) is 1. The van der Waals surface area contributed by atoms with E-state index in [9.17, 15) is 18.0 Å². The zero-order valence-corrected chi connectivity index (χ0v) is 11.3. The molecule has 0 aliphatic rings. The lowest BCUT2D eigenvalue weighted by Gasteiger charge is -2.15.